The third kappa shape index (κ3) is 60.1. The fourth-order valence-corrected chi connectivity index (χ4v) is 9.08. The van der Waals surface area contributed by atoms with Crippen molar-refractivity contribution >= 4 is 13.7 Å². The molecule has 0 saturated heterocycles. The van der Waals surface area contributed by atoms with Crippen molar-refractivity contribution in [2.24, 2.45) is 0 Å². The number of carbonyl (C=O) groups excluding carboxylic acids is 1. The van der Waals surface area contributed by atoms with Crippen LogP contribution in [0.25, 0.3) is 0 Å². The van der Waals surface area contributed by atoms with E-state index < -0.39 is 20.0 Å². The Labute approximate surface area is 475 Å². The lowest BCUT2D eigenvalue weighted by molar-refractivity contribution is -0.870. The van der Waals surface area contributed by atoms with Crippen molar-refractivity contribution < 1.29 is 32.9 Å². The number of amides is 1. The van der Waals surface area contributed by atoms with E-state index in [-0.39, 0.29) is 19.1 Å². The van der Waals surface area contributed by atoms with E-state index in [0.717, 1.165) is 128 Å². The summed E-state index contributed by atoms with van der Waals surface area (Å²) in [6, 6.07) is -0.781. The summed E-state index contributed by atoms with van der Waals surface area (Å²) in [7, 11) is 1.59. The molecule has 3 unspecified atom stereocenters. The molecule has 0 aromatic rings. The molecular formula is C68H118N2O6P+. The average Bonchev–Trinajstić information content (AvgIpc) is 3.39. The van der Waals surface area contributed by atoms with Gasteiger partial charge >= 0.3 is 7.82 Å². The number of allylic oxidation sites excluding steroid dienone is 22. The van der Waals surface area contributed by atoms with Gasteiger partial charge in [-0.1, -0.05) is 270 Å². The highest BCUT2D eigenvalue weighted by atomic mass is 31.2. The molecule has 1 amide bonds. The smallest absolute Gasteiger partial charge is 0.391 e. The first-order valence-electron chi connectivity index (χ1n) is 31.0. The average molecular weight is 1090 g/mol. The highest BCUT2D eigenvalue weighted by Gasteiger charge is 2.28. The number of rotatable bonds is 55. The van der Waals surface area contributed by atoms with Crippen molar-refractivity contribution in [1.82, 2.24) is 5.32 Å². The number of hydrogen-bond acceptors (Lipinski definition) is 5. The molecular weight excluding hydrogens is 972 g/mol. The number of nitrogens with one attached hydrogen (secondary N) is 1. The second-order valence-electron chi connectivity index (χ2n) is 21.7. The Kier molecular flexibility index (Phi) is 54.8. The lowest BCUT2D eigenvalue weighted by Gasteiger charge is -2.26. The summed E-state index contributed by atoms with van der Waals surface area (Å²) in [6.07, 6.45) is 86.6. The third-order valence-corrected chi connectivity index (χ3v) is 14.1. The molecule has 0 heterocycles. The lowest BCUT2D eigenvalue weighted by Crippen LogP contribution is -2.46. The number of aliphatic hydroxyl groups is 1. The third-order valence-electron chi connectivity index (χ3n) is 13.2. The molecule has 8 nitrogen and oxygen atoms in total. The van der Waals surface area contributed by atoms with E-state index in [1.54, 1.807) is 0 Å². The van der Waals surface area contributed by atoms with Crippen LogP contribution in [0.1, 0.15) is 239 Å². The van der Waals surface area contributed by atoms with E-state index >= 15 is 0 Å². The van der Waals surface area contributed by atoms with Crippen LogP contribution in [0.4, 0.5) is 0 Å². The van der Waals surface area contributed by atoms with Gasteiger partial charge in [0.1, 0.15) is 13.2 Å². The molecule has 0 aliphatic carbocycles. The predicted octanol–water partition coefficient (Wildman–Crippen LogP) is 19.5. The molecule has 77 heavy (non-hydrogen) atoms. The van der Waals surface area contributed by atoms with Gasteiger partial charge in [0.15, 0.2) is 0 Å². The van der Waals surface area contributed by atoms with Crippen LogP contribution in [0.15, 0.2) is 134 Å². The van der Waals surface area contributed by atoms with Crippen molar-refractivity contribution in [3.05, 3.63) is 134 Å². The second kappa shape index (κ2) is 57.3. The fraction of sp³-hybridized carbons (Fsp3) is 0.662. The molecule has 0 aliphatic rings. The number of likely N-dealkylation sites (N-methyl/N-ethyl adjacent to an activating group) is 1. The molecule has 0 rings (SSSR count). The molecule has 0 bridgehead atoms. The molecule has 3 N–H and O–H groups in total. The summed E-state index contributed by atoms with van der Waals surface area (Å²) in [5.41, 5.74) is 0. The van der Waals surface area contributed by atoms with Crippen molar-refractivity contribution in [2.45, 2.75) is 251 Å². The van der Waals surface area contributed by atoms with Gasteiger partial charge in [-0.25, -0.2) is 4.57 Å². The van der Waals surface area contributed by atoms with Crippen LogP contribution in [0.5, 0.6) is 0 Å². The summed E-state index contributed by atoms with van der Waals surface area (Å²) < 4.78 is 23.8. The highest BCUT2D eigenvalue weighted by Crippen LogP contribution is 2.43. The minimum atomic E-state index is -4.34. The van der Waals surface area contributed by atoms with Gasteiger partial charge in [0.2, 0.25) is 5.91 Å². The Morgan fingerprint density at radius 1 is 0.455 bits per heavy atom. The van der Waals surface area contributed by atoms with Crippen LogP contribution >= 0.6 is 7.82 Å². The number of unbranched alkanes of at least 4 members (excludes halogenated alkanes) is 20. The van der Waals surface area contributed by atoms with Gasteiger partial charge in [-0.2, -0.15) is 0 Å². The second-order valence-corrected chi connectivity index (χ2v) is 23.2. The number of phosphoric acid groups is 1. The molecule has 0 saturated carbocycles. The van der Waals surface area contributed by atoms with E-state index in [9.17, 15) is 19.4 Å². The fourth-order valence-electron chi connectivity index (χ4n) is 8.35. The Morgan fingerprint density at radius 2 is 0.779 bits per heavy atom. The summed E-state index contributed by atoms with van der Waals surface area (Å²) in [4.78, 5) is 23.3. The SMILES string of the molecule is CC/C=C\C/C=C\C/C=C\C/C=C\C/C=C\C/C=C\C/C=C\C/C=C\C/C=C\C/C=C\C/C=C\CCCCCCCC(=O)NC(COP(=O)(O)OCC[N+](C)(C)C)C(O)CCCCCCCCCCCCCCCCCC. The zero-order chi connectivity index (χ0) is 56.3. The predicted molar refractivity (Wildman–Crippen MR) is 336 cm³/mol. The van der Waals surface area contributed by atoms with Gasteiger partial charge in [-0.3, -0.25) is 13.8 Å². The van der Waals surface area contributed by atoms with E-state index in [4.69, 9.17) is 9.05 Å². The van der Waals surface area contributed by atoms with Gasteiger partial charge in [-0.05, 0) is 96.3 Å². The van der Waals surface area contributed by atoms with Gasteiger partial charge in [0.05, 0.1) is 39.9 Å². The van der Waals surface area contributed by atoms with Crippen LogP contribution in [0, 0.1) is 0 Å². The summed E-state index contributed by atoms with van der Waals surface area (Å²) >= 11 is 0. The monoisotopic (exact) mass is 1090 g/mol. The molecule has 0 aromatic carbocycles. The van der Waals surface area contributed by atoms with E-state index in [0.29, 0.717) is 23.9 Å². The number of quaternary nitrogens is 1. The summed E-state index contributed by atoms with van der Waals surface area (Å²) in [5, 5.41) is 14.1. The largest absolute Gasteiger partial charge is 0.472 e. The molecule has 9 heteroatoms. The van der Waals surface area contributed by atoms with Crippen molar-refractivity contribution in [3.8, 4) is 0 Å². The maximum absolute atomic E-state index is 13.0. The van der Waals surface area contributed by atoms with E-state index in [2.05, 4.69) is 153 Å². The quantitative estimate of drug-likeness (QED) is 0.0243. The first-order chi connectivity index (χ1) is 37.5. The van der Waals surface area contributed by atoms with Gasteiger partial charge in [0.25, 0.3) is 0 Å². The molecule has 0 aliphatic heterocycles. The zero-order valence-electron chi connectivity index (χ0n) is 50.1. The Morgan fingerprint density at radius 3 is 1.14 bits per heavy atom. The standard InChI is InChI=1S/C68H117N2O6P/c1-6-8-10-12-14-16-18-20-22-24-25-26-27-28-29-30-31-32-33-34-35-36-37-38-39-40-41-42-43-44-45-46-48-50-52-54-56-58-60-62-68(72)69-66(65-76-77(73,74)75-64-63-70(3,4)5)67(71)61-59-57-55-53-51-49-47-23-21-19-17-15-13-11-9-7-2/h8,10,14,16,20,22,25-26,28-29,31-32,34-35,37-38,40-41,43-44,46,48,66-67,71H,6-7,9,11-13,15,17-19,21,23-24,27,30,33,36,39,42,45,47,49-65H2,1-5H3,(H-,69,72,73,74)/p+1/b10-8-,16-14-,22-20-,26-25-,29-28-,32-31-,35-34-,38-37-,41-40-,44-43-,48-46-. The topological polar surface area (TPSA) is 105 Å². The lowest BCUT2D eigenvalue weighted by atomic mass is 10.0. The number of hydrogen-bond donors (Lipinski definition) is 3. The zero-order valence-corrected chi connectivity index (χ0v) is 51.0. The van der Waals surface area contributed by atoms with Crippen LogP contribution in [-0.4, -0.2) is 73.4 Å². The van der Waals surface area contributed by atoms with Gasteiger partial charge in [-0.15, -0.1) is 0 Å². The highest BCUT2D eigenvalue weighted by molar-refractivity contribution is 7.47. The van der Waals surface area contributed by atoms with Crippen LogP contribution in [0.3, 0.4) is 0 Å². The number of aliphatic hydroxyl groups excluding tert-OH is 1. The van der Waals surface area contributed by atoms with E-state index in [1.807, 2.05) is 21.1 Å². The van der Waals surface area contributed by atoms with Crippen LogP contribution < -0.4 is 5.32 Å². The van der Waals surface area contributed by atoms with E-state index in [1.165, 1.54) is 83.5 Å². The molecule has 3 atom stereocenters. The number of carbonyl (C=O) groups is 1. The van der Waals surface area contributed by atoms with Gasteiger partial charge in [0, 0.05) is 6.42 Å². The number of nitrogens with zero attached hydrogens (tertiary/aromatic N) is 1. The summed E-state index contributed by atoms with van der Waals surface area (Å²) in [6.45, 7) is 4.75. The Balaban J connectivity index is 4.18. The number of phosphoric ester groups is 1. The normalized spacial score (nSPS) is 14.7. The van der Waals surface area contributed by atoms with Gasteiger partial charge < -0.3 is 19.8 Å². The first kappa shape index (κ1) is 73.6. The molecule has 0 fully saturated rings. The van der Waals surface area contributed by atoms with Crippen molar-refractivity contribution in [1.29, 1.82) is 0 Å². The minimum absolute atomic E-state index is 0.0640. The Hall–Kier alpha value is -3.36. The Bertz CT molecular complexity index is 1710. The molecule has 0 radical (unpaired) electrons. The maximum atomic E-state index is 13.0. The van der Waals surface area contributed by atoms with Crippen LogP contribution in [-0.2, 0) is 18.4 Å². The van der Waals surface area contributed by atoms with Crippen molar-refractivity contribution in [3.63, 3.8) is 0 Å². The molecule has 0 aromatic heterocycles. The minimum Gasteiger partial charge on any atom is -0.391 e. The molecule has 440 valence electrons. The summed E-state index contributed by atoms with van der Waals surface area (Å²) in [5.74, 6) is -0.168. The van der Waals surface area contributed by atoms with Crippen molar-refractivity contribution in [2.75, 3.05) is 40.9 Å². The maximum Gasteiger partial charge on any atom is 0.472 e. The molecule has 0 spiro atoms. The van der Waals surface area contributed by atoms with Crippen LogP contribution in [0.2, 0.25) is 0 Å². The first-order valence-corrected chi connectivity index (χ1v) is 32.5.